The standard InChI is InChI=1S/C15H18IN3OS/c1-4-21-11-7-5-10(6-8-11)14-18-12(9-20-3)13(16)15(17-2)19-14/h5-8H,4,9H2,1-3H3,(H,17,18,19). The lowest BCUT2D eigenvalue weighted by Gasteiger charge is -2.11. The zero-order valence-corrected chi connectivity index (χ0v) is 15.3. The molecule has 1 aromatic heterocycles. The predicted octanol–water partition coefficient (Wildman–Crippen LogP) is 4.05. The highest BCUT2D eigenvalue weighted by Crippen LogP contribution is 2.26. The van der Waals surface area contributed by atoms with E-state index in [1.165, 1.54) is 4.90 Å². The third-order valence-corrected chi connectivity index (χ3v) is 4.89. The van der Waals surface area contributed by atoms with E-state index in [1.807, 2.05) is 18.8 Å². The van der Waals surface area contributed by atoms with Crippen LogP contribution in [0.3, 0.4) is 0 Å². The minimum atomic E-state index is 0.478. The zero-order valence-electron chi connectivity index (χ0n) is 12.3. The first-order chi connectivity index (χ1) is 10.2. The molecule has 0 unspecified atom stereocenters. The van der Waals surface area contributed by atoms with Crippen LogP contribution >= 0.6 is 34.4 Å². The Morgan fingerprint density at radius 3 is 2.52 bits per heavy atom. The molecular formula is C15H18IN3OS. The van der Waals surface area contributed by atoms with E-state index < -0.39 is 0 Å². The molecule has 0 fully saturated rings. The summed E-state index contributed by atoms with van der Waals surface area (Å²) in [6.07, 6.45) is 0. The summed E-state index contributed by atoms with van der Waals surface area (Å²) in [6.45, 7) is 2.63. The number of nitrogens with one attached hydrogen (secondary N) is 1. The molecule has 0 aliphatic carbocycles. The number of ether oxygens (including phenoxy) is 1. The number of hydrogen-bond acceptors (Lipinski definition) is 5. The molecule has 0 bridgehead atoms. The SMILES string of the molecule is CCSc1ccc(-c2nc(COC)c(I)c(NC)n2)cc1. The van der Waals surface area contributed by atoms with Gasteiger partial charge in [-0.3, -0.25) is 0 Å². The number of thioether (sulfide) groups is 1. The van der Waals surface area contributed by atoms with E-state index in [4.69, 9.17) is 4.74 Å². The molecule has 0 aliphatic rings. The van der Waals surface area contributed by atoms with Crippen molar-refractivity contribution in [1.29, 1.82) is 0 Å². The third-order valence-electron chi connectivity index (χ3n) is 2.86. The normalized spacial score (nSPS) is 10.7. The van der Waals surface area contributed by atoms with Crippen LogP contribution < -0.4 is 5.32 Å². The van der Waals surface area contributed by atoms with Crippen molar-refractivity contribution < 1.29 is 4.74 Å². The van der Waals surface area contributed by atoms with Gasteiger partial charge in [-0.2, -0.15) is 0 Å². The fraction of sp³-hybridized carbons (Fsp3) is 0.333. The van der Waals surface area contributed by atoms with Crippen LogP contribution in [0, 0.1) is 3.57 Å². The molecule has 1 N–H and O–H groups in total. The topological polar surface area (TPSA) is 47.0 Å². The van der Waals surface area contributed by atoms with Crippen LogP contribution in [-0.2, 0) is 11.3 Å². The summed E-state index contributed by atoms with van der Waals surface area (Å²) in [6, 6.07) is 8.35. The molecule has 2 rings (SSSR count). The lowest BCUT2D eigenvalue weighted by Crippen LogP contribution is -2.06. The summed E-state index contributed by atoms with van der Waals surface area (Å²) in [4.78, 5) is 10.5. The Hall–Kier alpha value is -0.860. The first-order valence-corrected chi connectivity index (χ1v) is 8.72. The van der Waals surface area contributed by atoms with Gasteiger partial charge in [-0.15, -0.1) is 11.8 Å². The molecular weight excluding hydrogens is 397 g/mol. The molecule has 0 atom stereocenters. The van der Waals surface area contributed by atoms with Crippen LogP contribution in [0.5, 0.6) is 0 Å². The van der Waals surface area contributed by atoms with E-state index in [2.05, 4.69) is 69.1 Å². The average molecular weight is 415 g/mol. The summed E-state index contributed by atoms with van der Waals surface area (Å²) in [5, 5.41) is 3.12. The fourth-order valence-electron chi connectivity index (χ4n) is 1.89. The highest BCUT2D eigenvalue weighted by atomic mass is 127. The summed E-state index contributed by atoms with van der Waals surface area (Å²) < 4.78 is 6.22. The number of methoxy groups -OCH3 is 1. The zero-order chi connectivity index (χ0) is 15.2. The maximum absolute atomic E-state index is 5.22. The van der Waals surface area contributed by atoms with Gasteiger partial charge in [0.25, 0.3) is 0 Å². The van der Waals surface area contributed by atoms with Crippen molar-refractivity contribution in [3.8, 4) is 11.4 Å². The van der Waals surface area contributed by atoms with Gasteiger partial charge in [-0.1, -0.05) is 19.1 Å². The molecule has 0 amide bonds. The van der Waals surface area contributed by atoms with Crippen LogP contribution in [0.25, 0.3) is 11.4 Å². The van der Waals surface area contributed by atoms with Gasteiger partial charge in [0.15, 0.2) is 5.82 Å². The van der Waals surface area contributed by atoms with Gasteiger partial charge in [-0.05, 0) is 40.5 Å². The van der Waals surface area contributed by atoms with Crippen LogP contribution in [-0.4, -0.2) is 29.9 Å². The minimum Gasteiger partial charge on any atom is -0.378 e. The summed E-state index contributed by atoms with van der Waals surface area (Å²) in [7, 11) is 3.54. The number of anilines is 1. The molecule has 2 aromatic rings. The van der Waals surface area contributed by atoms with Gasteiger partial charge in [0.1, 0.15) is 5.82 Å². The van der Waals surface area contributed by atoms with Crippen molar-refractivity contribution in [2.45, 2.75) is 18.4 Å². The Morgan fingerprint density at radius 2 is 1.95 bits per heavy atom. The highest BCUT2D eigenvalue weighted by molar-refractivity contribution is 14.1. The molecule has 0 saturated heterocycles. The third kappa shape index (κ3) is 4.08. The van der Waals surface area contributed by atoms with Crippen molar-refractivity contribution in [2.24, 2.45) is 0 Å². The van der Waals surface area contributed by atoms with E-state index in [0.717, 1.165) is 32.2 Å². The molecule has 0 radical (unpaired) electrons. The maximum Gasteiger partial charge on any atom is 0.161 e. The van der Waals surface area contributed by atoms with Gasteiger partial charge in [0, 0.05) is 24.6 Å². The highest BCUT2D eigenvalue weighted by Gasteiger charge is 2.12. The van der Waals surface area contributed by atoms with Gasteiger partial charge in [0.05, 0.1) is 15.9 Å². The predicted molar refractivity (Wildman–Crippen MR) is 96.8 cm³/mol. The van der Waals surface area contributed by atoms with E-state index in [9.17, 15) is 0 Å². The maximum atomic E-state index is 5.22. The van der Waals surface area contributed by atoms with E-state index in [1.54, 1.807) is 7.11 Å². The number of aromatic nitrogens is 2. The van der Waals surface area contributed by atoms with Crippen molar-refractivity contribution in [2.75, 3.05) is 25.2 Å². The Labute approximate surface area is 143 Å². The number of halogens is 1. The van der Waals surface area contributed by atoms with Crippen LogP contribution in [0.1, 0.15) is 12.6 Å². The fourth-order valence-corrected chi connectivity index (χ4v) is 3.22. The number of benzene rings is 1. The molecule has 1 heterocycles. The molecule has 21 heavy (non-hydrogen) atoms. The summed E-state index contributed by atoms with van der Waals surface area (Å²) >= 11 is 4.07. The number of rotatable bonds is 6. The second-order valence-corrected chi connectivity index (χ2v) is 6.71. The van der Waals surface area contributed by atoms with Gasteiger partial charge >= 0.3 is 0 Å². The largest absolute Gasteiger partial charge is 0.378 e. The minimum absolute atomic E-state index is 0.478. The Morgan fingerprint density at radius 1 is 1.24 bits per heavy atom. The first-order valence-electron chi connectivity index (χ1n) is 6.66. The number of hydrogen-bond donors (Lipinski definition) is 1. The smallest absolute Gasteiger partial charge is 0.161 e. The molecule has 0 spiro atoms. The Kier molecular flexibility index (Phi) is 6.25. The average Bonchev–Trinajstić information content (AvgIpc) is 2.51. The molecule has 4 nitrogen and oxygen atoms in total. The van der Waals surface area contributed by atoms with Crippen molar-refractivity contribution in [3.05, 3.63) is 33.5 Å². The van der Waals surface area contributed by atoms with Crippen LogP contribution in [0.2, 0.25) is 0 Å². The Bertz CT molecular complexity index is 605. The molecule has 112 valence electrons. The van der Waals surface area contributed by atoms with Crippen molar-refractivity contribution in [3.63, 3.8) is 0 Å². The summed E-state index contributed by atoms with van der Waals surface area (Å²) in [5.74, 6) is 2.63. The summed E-state index contributed by atoms with van der Waals surface area (Å²) in [5.41, 5.74) is 1.92. The van der Waals surface area contributed by atoms with Gasteiger partial charge < -0.3 is 10.1 Å². The van der Waals surface area contributed by atoms with E-state index in [-0.39, 0.29) is 0 Å². The Balaban J connectivity index is 2.40. The lowest BCUT2D eigenvalue weighted by atomic mass is 10.2. The van der Waals surface area contributed by atoms with Crippen LogP contribution in [0.15, 0.2) is 29.2 Å². The van der Waals surface area contributed by atoms with E-state index in [0.29, 0.717) is 6.61 Å². The second-order valence-electron chi connectivity index (χ2n) is 4.30. The van der Waals surface area contributed by atoms with Crippen LogP contribution in [0.4, 0.5) is 5.82 Å². The van der Waals surface area contributed by atoms with Gasteiger partial charge in [-0.25, -0.2) is 9.97 Å². The second kappa shape index (κ2) is 7.95. The quantitative estimate of drug-likeness (QED) is 0.570. The van der Waals surface area contributed by atoms with E-state index >= 15 is 0 Å². The number of nitrogens with zero attached hydrogens (tertiary/aromatic N) is 2. The first kappa shape index (κ1) is 16.5. The monoisotopic (exact) mass is 415 g/mol. The molecule has 0 saturated carbocycles. The molecule has 6 heteroatoms. The lowest BCUT2D eigenvalue weighted by molar-refractivity contribution is 0.181. The van der Waals surface area contributed by atoms with Crippen molar-refractivity contribution in [1.82, 2.24) is 9.97 Å². The van der Waals surface area contributed by atoms with Gasteiger partial charge in [0.2, 0.25) is 0 Å². The van der Waals surface area contributed by atoms with Crippen molar-refractivity contribution >= 4 is 40.2 Å². The molecule has 1 aromatic carbocycles. The molecule has 0 aliphatic heterocycles.